The molecule has 2 aromatic heterocycles. The van der Waals surface area contributed by atoms with Crippen LogP contribution in [0.5, 0.6) is 0 Å². The average molecular weight is 416 g/mol. The molecule has 1 aliphatic heterocycles. The fraction of sp³-hybridized carbons (Fsp3) is 0.571. The van der Waals surface area contributed by atoms with E-state index < -0.39 is 0 Å². The lowest BCUT2D eigenvalue weighted by Crippen LogP contribution is -2.46. The highest BCUT2D eigenvalue weighted by molar-refractivity contribution is 7.09. The topological polar surface area (TPSA) is 68.7 Å². The van der Waals surface area contributed by atoms with Gasteiger partial charge in [-0.3, -0.25) is 0 Å². The summed E-state index contributed by atoms with van der Waals surface area (Å²) in [5.41, 5.74) is 2.25. The molecule has 0 unspecified atom stereocenters. The van der Waals surface area contributed by atoms with E-state index in [-0.39, 0.29) is 0 Å². The maximum Gasteiger partial charge on any atom is 0.191 e. The van der Waals surface area contributed by atoms with Crippen LogP contribution in [0.25, 0.3) is 0 Å². The first kappa shape index (κ1) is 21.5. The van der Waals surface area contributed by atoms with Gasteiger partial charge in [0.05, 0.1) is 17.2 Å². The number of nitrogens with zero attached hydrogens (tertiary/aromatic N) is 5. The van der Waals surface area contributed by atoms with Crippen LogP contribution in [0.2, 0.25) is 0 Å². The summed E-state index contributed by atoms with van der Waals surface area (Å²) in [6.45, 7) is 14.1. The Labute approximate surface area is 178 Å². The molecule has 3 heterocycles. The predicted octanol–water partition coefficient (Wildman–Crippen LogP) is 2.29. The van der Waals surface area contributed by atoms with Crippen LogP contribution in [0.15, 0.2) is 28.7 Å². The van der Waals surface area contributed by atoms with Crippen LogP contribution < -0.4 is 15.5 Å². The molecule has 3 rings (SSSR count). The van der Waals surface area contributed by atoms with Gasteiger partial charge in [0, 0.05) is 57.3 Å². The van der Waals surface area contributed by atoms with Gasteiger partial charge < -0.3 is 20.4 Å². The van der Waals surface area contributed by atoms with E-state index >= 15 is 0 Å². The summed E-state index contributed by atoms with van der Waals surface area (Å²) in [5, 5.41) is 9.93. The second-order valence-corrected chi connectivity index (χ2v) is 8.24. The van der Waals surface area contributed by atoms with Crippen LogP contribution in [-0.4, -0.2) is 66.6 Å². The third-order valence-electron chi connectivity index (χ3n) is 5.06. The lowest BCUT2D eigenvalue weighted by molar-refractivity contribution is 0.270. The first-order valence-electron chi connectivity index (χ1n) is 10.5. The zero-order valence-electron chi connectivity index (χ0n) is 17.8. The highest BCUT2D eigenvalue weighted by Gasteiger charge is 2.16. The lowest BCUT2D eigenvalue weighted by atomic mass is 10.2. The largest absolute Gasteiger partial charge is 0.357 e. The van der Waals surface area contributed by atoms with Gasteiger partial charge in [-0.05, 0) is 32.0 Å². The summed E-state index contributed by atoms with van der Waals surface area (Å²) < 4.78 is 0. The van der Waals surface area contributed by atoms with E-state index in [0.29, 0.717) is 6.54 Å². The molecule has 0 saturated carbocycles. The average Bonchev–Trinajstić information content (AvgIpc) is 3.17. The predicted molar refractivity (Wildman–Crippen MR) is 122 cm³/mol. The van der Waals surface area contributed by atoms with Crippen LogP contribution in [0.3, 0.4) is 0 Å². The number of aryl methyl sites for hydroxylation is 1. The Morgan fingerprint density at radius 2 is 2.00 bits per heavy atom. The first-order chi connectivity index (χ1) is 14.2. The number of rotatable bonds is 8. The fourth-order valence-corrected chi connectivity index (χ4v) is 3.98. The first-order valence-corrected chi connectivity index (χ1v) is 11.4. The minimum absolute atomic E-state index is 0.613. The number of aromatic nitrogens is 2. The molecule has 158 valence electrons. The van der Waals surface area contributed by atoms with Gasteiger partial charge in [0.25, 0.3) is 0 Å². The molecule has 1 aliphatic rings. The molecule has 2 N–H and O–H groups in total. The highest BCUT2D eigenvalue weighted by atomic mass is 32.1. The summed E-state index contributed by atoms with van der Waals surface area (Å²) in [7, 11) is 0. The summed E-state index contributed by atoms with van der Waals surface area (Å²) in [4.78, 5) is 18.7. The Hall–Kier alpha value is -2.19. The van der Waals surface area contributed by atoms with Gasteiger partial charge in [0.2, 0.25) is 0 Å². The third kappa shape index (κ3) is 6.68. The van der Waals surface area contributed by atoms with Crippen molar-refractivity contribution in [3.05, 3.63) is 40.0 Å². The standard InChI is InChI=1S/C21H33N7S/c1-4-22-21(23-9-8-19-16-29-17(3)26-19)25-15-18-6-7-20(24-14-18)28-12-10-27(5-2)11-13-28/h6-7,14,16H,4-5,8-13,15H2,1-3H3,(H2,22,23,25). The van der Waals surface area contributed by atoms with Gasteiger partial charge >= 0.3 is 0 Å². The molecule has 0 atom stereocenters. The van der Waals surface area contributed by atoms with Crippen molar-refractivity contribution in [2.45, 2.75) is 33.7 Å². The molecule has 1 saturated heterocycles. The molecule has 0 spiro atoms. The smallest absolute Gasteiger partial charge is 0.191 e. The van der Waals surface area contributed by atoms with Crippen molar-refractivity contribution < 1.29 is 0 Å². The maximum atomic E-state index is 4.70. The van der Waals surface area contributed by atoms with Crippen molar-refractivity contribution in [1.29, 1.82) is 0 Å². The van der Waals surface area contributed by atoms with E-state index in [9.17, 15) is 0 Å². The number of nitrogens with one attached hydrogen (secondary N) is 2. The number of piperazine rings is 1. The van der Waals surface area contributed by atoms with Crippen LogP contribution in [-0.2, 0) is 13.0 Å². The molecule has 0 aromatic carbocycles. The van der Waals surface area contributed by atoms with Crippen molar-refractivity contribution in [2.24, 2.45) is 4.99 Å². The number of thiazole rings is 1. The molecule has 2 aromatic rings. The van der Waals surface area contributed by atoms with Crippen LogP contribution >= 0.6 is 11.3 Å². The Bertz CT molecular complexity index is 764. The van der Waals surface area contributed by atoms with Crippen molar-refractivity contribution in [3.8, 4) is 0 Å². The Kier molecular flexibility index (Phi) is 8.25. The normalized spacial score (nSPS) is 15.6. The minimum Gasteiger partial charge on any atom is -0.357 e. The van der Waals surface area contributed by atoms with Gasteiger partial charge in [-0.15, -0.1) is 11.3 Å². The monoisotopic (exact) mass is 415 g/mol. The molecule has 29 heavy (non-hydrogen) atoms. The zero-order valence-corrected chi connectivity index (χ0v) is 18.6. The molecule has 0 bridgehead atoms. The number of hydrogen-bond donors (Lipinski definition) is 2. The number of likely N-dealkylation sites (N-methyl/N-ethyl adjacent to an activating group) is 1. The second kappa shape index (κ2) is 11.1. The highest BCUT2D eigenvalue weighted by Crippen LogP contribution is 2.14. The summed E-state index contributed by atoms with van der Waals surface area (Å²) in [6, 6.07) is 4.26. The fourth-order valence-electron chi connectivity index (χ4n) is 3.33. The molecular weight excluding hydrogens is 382 g/mol. The minimum atomic E-state index is 0.613. The third-order valence-corrected chi connectivity index (χ3v) is 5.88. The SMILES string of the molecule is CCNC(=NCc1ccc(N2CCN(CC)CC2)nc1)NCCc1csc(C)n1. The Balaban J connectivity index is 1.49. The van der Waals surface area contributed by atoms with Crippen molar-refractivity contribution in [1.82, 2.24) is 25.5 Å². The van der Waals surface area contributed by atoms with E-state index in [4.69, 9.17) is 4.99 Å². The Morgan fingerprint density at radius 3 is 2.62 bits per heavy atom. The molecular formula is C21H33N7S. The van der Waals surface area contributed by atoms with E-state index in [1.165, 1.54) is 0 Å². The molecule has 1 fully saturated rings. The van der Waals surface area contributed by atoms with Crippen LogP contribution in [0, 0.1) is 6.92 Å². The lowest BCUT2D eigenvalue weighted by Gasteiger charge is -2.34. The summed E-state index contributed by atoms with van der Waals surface area (Å²) >= 11 is 1.70. The van der Waals surface area contributed by atoms with Crippen molar-refractivity contribution in [3.63, 3.8) is 0 Å². The quantitative estimate of drug-likeness (QED) is 0.509. The molecule has 8 heteroatoms. The second-order valence-electron chi connectivity index (χ2n) is 7.18. The number of hydrogen-bond acceptors (Lipinski definition) is 6. The van der Waals surface area contributed by atoms with Gasteiger partial charge in [0.15, 0.2) is 5.96 Å². The van der Waals surface area contributed by atoms with Gasteiger partial charge in [-0.1, -0.05) is 13.0 Å². The molecule has 0 amide bonds. The van der Waals surface area contributed by atoms with E-state index in [0.717, 1.165) is 80.3 Å². The maximum absolute atomic E-state index is 4.70. The van der Waals surface area contributed by atoms with E-state index in [1.807, 2.05) is 13.1 Å². The number of pyridine rings is 1. The summed E-state index contributed by atoms with van der Waals surface area (Å²) in [5.74, 6) is 1.90. The molecule has 0 aliphatic carbocycles. The van der Waals surface area contributed by atoms with Crippen LogP contribution in [0.4, 0.5) is 5.82 Å². The van der Waals surface area contributed by atoms with Crippen LogP contribution in [0.1, 0.15) is 30.1 Å². The Morgan fingerprint density at radius 1 is 1.17 bits per heavy atom. The molecule has 0 radical (unpaired) electrons. The van der Waals surface area contributed by atoms with E-state index in [2.05, 4.69) is 61.8 Å². The van der Waals surface area contributed by atoms with Gasteiger partial charge in [-0.25, -0.2) is 15.0 Å². The van der Waals surface area contributed by atoms with Crippen molar-refractivity contribution in [2.75, 3.05) is 50.7 Å². The zero-order chi connectivity index (χ0) is 20.5. The number of anilines is 1. The van der Waals surface area contributed by atoms with Gasteiger partial charge in [0.1, 0.15) is 5.82 Å². The summed E-state index contributed by atoms with van der Waals surface area (Å²) in [6.07, 6.45) is 2.85. The van der Waals surface area contributed by atoms with Gasteiger partial charge in [-0.2, -0.15) is 0 Å². The van der Waals surface area contributed by atoms with E-state index in [1.54, 1.807) is 11.3 Å². The van der Waals surface area contributed by atoms with Crippen molar-refractivity contribution >= 4 is 23.1 Å². The molecule has 7 nitrogen and oxygen atoms in total. The number of guanidine groups is 1. The number of aliphatic imine (C=N–C) groups is 1.